The lowest BCUT2D eigenvalue weighted by Crippen LogP contribution is -2.37. The quantitative estimate of drug-likeness (QED) is 0.749. The van der Waals surface area contributed by atoms with Crippen molar-refractivity contribution in [1.29, 1.82) is 0 Å². The maximum Gasteiger partial charge on any atom is 0.271 e. The van der Waals surface area contributed by atoms with Gasteiger partial charge < -0.3 is 16.2 Å². The van der Waals surface area contributed by atoms with Crippen LogP contribution in [0, 0.1) is 0 Å². The third-order valence-electron chi connectivity index (χ3n) is 2.61. The van der Waals surface area contributed by atoms with E-state index in [1.54, 1.807) is 30.3 Å². The summed E-state index contributed by atoms with van der Waals surface area (Å²) < 4.78 is 0. The van der Waals surface area contributed by atoms with Gasteiger partial charge in [-0.25, -0.2) is 4.98 Å². The van der Waals surface area contributed by atoms with Crippen molar-refractivity contribution < 1.29 is 14.7 Å². The third kappa shape index (κ3) is 3.19. The van der Waals surface area contributed by atoms with Gasteiger partial charge in [-0.2, -0.15) is 0 Å². The van der Waals surface area contributed by atoms with Gasteiger partial charge in [-0.05, 0) is 5.56 Å². The molecule has 1 unspecified atom stereocenters. The normalized spacial score (nSPS) is 11.8. The van der Waals surface area contributed by atoms with Crippen LogP contribution < -0.4 is 11.1 Å². The van der Waals surface area contributed by atoms with E-state index in [2.05, 4.69) is 10.3 Å². The van der Waals surface area contributed by atoms with Gasteiger partial charge in [-0.15, -0.1) is 11.3 Å². The summed E-state index contributed by atoms with van der Waals surface area (Å²) >= 11 is 1.17. The molecule has 4 N–H and O–H groups in total. The van der Waals surface area contributed by atoms with Gasteiger partial charge in [0.05, 0.1) is 6.61 Å². The predicted molar refractivity (Wildman–Crippen MR) is 73.9 cm³/mol. The minimum Gasteiger partial charge on any atom is -0.389 e. The van der Waals surface area contributed by atoms with E-state index in [1.165, 1.54) is 16.7 Å². The Labute approximate surface area is 119 Å². The van der Waals surface area contributed by atoms with Gasteiger partial charge in [0, 0.05) is 5.38 Å². The molecule has 0 bridgehead atoms. The van der Waals surface area contributed by atoms with Crippen LogP contribution in [0.15, 0.2) is 35.7 Å². The van der Waals surface area contributed by atoms with E-state index >= 15 is 0 Å². The number of amides is 2. The van der Waals surface area contributed by atoms with Crippen LogP contribution in [0.5, 0.6) is 0 Å². The molecule has 0 saturated carbocycles. The summed E-state index contributed by atoms with van der Waals surface area (Å²) in [4.78, 5) is 27.4. The fraction of sp³-hybridized carbons (Fsp3) is 0.154. The number of hydrogen-bond acceptors (Lipinski definition) is 5. The van der Waals surface area contributed by atoms with Crippen molar-refractivity contribution in [1.82, 2.24) is 10.3 Å². The number of carbonyl (C=O) groups is 2. The standard InChI is InChI=1S/C13H13N3O3S/c14-12(18)11(8-4-2-1-3-5-8)16-13(19)9-7-20-10(6-17)15-9/h1-5,7,11,17H,6H2,(H2,14,18)(H,16,19). The van der Waals surface area contributed by atoms with E-state index in [0.29, 0.717) is 10.6 Å². The fourth-order valence-corrected chi connectivity index (χ4v) is 2.29. The molecule has 2 amide bonds. The zero-order chi connectivity index (χ0) is 14.5. The summed E-state index contributed by atoms with van der Waals surface area (Å²) in [7, 11) is 0. The summed E-state index contributed by atoms with van der Waals surface area (Å²) in [6.45, 7) is -0.226. The number of carbonyl (C=O) groups excluding carboxylic acids is 2. The summed E-state index contributed by atoms with van der Waals surface area (Å²) in [6.07, 6.45) is 0. The minimum atomic E-state index is -0.914. The SMILES string of the molecule is NC(=O)C(NC(=O)c1csc(CO)n1)c1ccccc1. The predicted octanol–water partition coefficient (Wildman–Crippen LogP) is 0.592. The molecule has 1 atom stereocenters. The van der Waals surface area contributed by atoms with E-state index in [-0.39, 0.29) is 12.3 Å². The van der Waals surface area contributed by atoms with Crippen LogP contribution >= 0.6 is 11.3 Å². The number of thiazole rings is 1. The highest BCUT2D eigenvalue weighted by Gasteiger charge is 2.21. The van der Waals surface area contributed by atoms with Gasteiger partial charge in [0.15, 0.2) is 0 Å². The average molecular weight is 291 g/mol. The van der Waals surface area contributed by atoms with Crippen LogP contribution in [-0.4, -0.2) is 21.9 Å². The lowest BCUT2D eigenvalue weighted by Gasteiger charge is -2.14. The summed E-state index contributed by atoms with van der Waals surface area (Å²) in [5.41, 5.74) is 6.07. The lowest BCUT2D eigenvalue weighted by molar-refractivity contribution is -0.120. The molecule has 0 aliphatic carbocycles. The molecule has 7 heteroatoms. The van der Waals surface area contributed by atoms with Gasteiger partial charge in [0.1, 0.15) is 16.7 Å². The Balaban J connectivity index is 2.16. The molecule has 104 valence electrons. The first-order valence-electron chi connectivity index (χ1n) is 5.82. The maximum absolute atomic E-state index is 12.0. The van der Waals surface area contributed by atoms with Crippen molar-refractivity contribution in [3.63, 3.8) is 0 Å². The second-order valence-electron chi connectivity index (χ2n) is 4.00. The number of hydrogen-bond donors (Lipinski definition) is 3. The van der Waals surface area contributed by atoms with E-state index in [9.17, 15) is 9.59 Å². The van der Waals surface area contributed by atoms with Gasteiger partial charge in [0.25, 0.3) is 5.91 Å². The van der Waals surface area contributed by atoms with Gasteiger partial charge in [0.2, 0.25) is 5.91 Å². The van der Waals surface area contributed by atoms with Crippen LogP contribution in [0.3, 0.4) is 0 Å². The van der Waals surface area contributed by atoms with Crippen molar-refractivity contribution in [2.24, 2.45) is 5.73 Å². The molecular weight excluding hydrogens is 278 g/mol. The summed E-state index contributed by atoms with van der Waals surface area (Å²) in [5.74, 6) is -1.16. The molecule has 2 rings (SSSR count). The van der Waals surface area contributed by atoms with E-state index < -0.39 is 17.9 Å². The number of rotatable bonds is 5. The Bertz CT molecular complexity index is 612. The van der Waals surface area contributed by atoms with E-state index in [0.717, 1.165) is 0 Å². The molecule has 20 heavy (non-hydrogen) atoms. The van der Waals surface area contributed by atoms with E-state index in [4.69, 9.17) is 10.8 Å². The smallest absolute Gasteiger partial charge is 0.271 e. The topological polar surface area (TPSA) is 105 Å². The molecule has 0 fully saturated rings. The third-order valence-corrected chi connectivity index (χ3v) is 3.45. The number of benzene rings is 1. The number of primary amides is 1. The number of nitrogens with zero attached hydrogens (tertiary/aromatic N) is 1. The summed E-state index contributed by atoms with van der Waals surface area (Å²) in [6, 6.07) is 7.81. The highest BCUT2D eigenvalue weighted by Crippen LogP contribution is 2.14. The molecule has 1 aromatic heterocycles. The van der Waals surface area contributed by atoms with Crippen LogP contribution in [0.2, 0.25) is 0 Å². The first-order chi connectivity index (χ1) is 9.61. The highest BCUT2D eigenvalue weighted by atomic mass is 32.1. The molecule has 1 aromatic carbocycles. The van der Waals surface area contributed by atoms with Crippen molar-refractivity contribution in [2.75, 3.05) is 0 Å². The number of aliphatic hydroxyl groups is 1. The van der Waals surface area contributed by atoms with Crippen LogP contribution in [0.1, 0.15) is 27.1 Å². The number of aromatic nitrogens is 1. The molecule has 0 radical (unpaired) electrons. The first-order valence-corrected chi connectivity index (χ1v) is 6.70. The Hall–Kier alpha value is -2.25. The molecule has 0 spiro atoms. The highest BCUT2D eigenvalue weighted by molar-refractivity contribution is 7.09. The Morgan fingerprint density at radius 3 is 2.60 bits per heavy atom. The zero-order valence-electron chi connectivity index (χ0n) is 10.4. The number of nitrogens with one attached hydrogen (secondary N) is 1. The fourth-order valence-electron chi connectivity index (χ4n) is 1.66. The van der Waals surface area contributed by atoms with Crippen LogP contribution in [0.25, 0.3) is 0 Å². The van der Waals surface area contributed by atoms with Crippen molar-refractivity contribution in [3.8, 4) is 0 Å². The second-order valence-corrected chi connectivity index (χ2v) is 4.95. The maximum atomic E-state index is 12.0. The number of aliphatic hydroxyl groups excluding tert-OH is 1. The monoisotopic (exact) mass is 291 g/mol. The molecule has 6 nitrogen and oxygen atoms in total. The molecule has 2 aromatic rings. The number of nitrogens with two attached hydrogens (primary N) is 1. The van der Waals surface area contributed by atoms with Gasteiger partial charge >= 0.3 is 0 Å². The van der Waals surface area contributed by atoms with Crippen molar-refractivity contribution >= 4 is 23.2 Å². The molecule has 0 aliphatic heterocycles. The van der Waals surface area contributed by atoms with Gasteiger partial charge in [-0.3, -0.25) is 9.59 Å². The zero-order valence-corrected chi connectivity index (χ0v) is 11.3. The molecular formula is C13H13N3O3S. The van der Waals surface area contributed by atoms with Crippen molar-refractivity contribution in [2.45, 2.75) is 12.6 Å². The van der Waals surface area contributed by atoms with Crippen LogP contribution in [-0.2, 0) is 11.4 Å². The Kier molecular flexibility index (Phi) is 4.44. The molecule has 0 aliphatic rings. The summed E-state index contributed by atoms with van der Waals surface area (Å²) in [5, 5.41) is 13.4. The van der Waals surface area contributed by atoms with Crippen LogP contribution in [0.4, 0.5) is 0 Å². The molecule has 0 saturated heterocycles. The second kappa shape index (κ2) is 6.27. The average Bonchev–Trinajstić information content (AvgIpc) is 2.94. The van der Waals surface area contributed by atoms with Crippen molar-refractivity contribution in [3.05, 3.63) is 52.0 Å². The van der Waals surface area contributed by atoms with E-state index in [1.807, 2.05) is 0 Å². The molecule has 1 heterocycles. The van der Waals surface area contributed by atoms with Gasteiger partial charge in [-0.1, -0.05) is 30.3 Å². The lowest BCUT2D eigenvalue weighted by atomic mass is 10.1. The Morgan fingerprint density at radius 2 is 2.05 bits per heavy atom. The first kappa shape index (κ1) is 14.2. The largest absolute Gasteiger partial charge is 0.389 e. The Morgan fingerprint density at radius 1 is 1.35 bits per heavy atom. The minimum absolute atomic E-state index is 0.154.